The van der Waals surface area contributed by atoms with Crippen LogP contribution in [0, 0.1) is 23.7 Å². The number of hydrogen-bond acceptors (Lipinski definition) is 15. The quantitative estimate of drug-likeness (QED) is 0.0222. The first-order chi connectivity index (χ1) is 47.2. The van der Waals surface area contributed by atoms with Crippen molar-refractivity contribution in [2.75, 3.05) is 39.6 Å². The van der Waals surface area contributed by atoms with Crippen LogP contribution in [-0.2, 0) is 65.4 Å². The minimum absolute atomic E-state index is 0.105. The number of esters is 4. The number of phosphoric ester groups is 2. The fraction of sp³-hybridized carbons (Fsp3) is 0.949. The summed E-state index contributed by atoms with van der Waals surface area (Å²) in [5.74, 6) is 0.988. The van der Waals surface area contributed by atoms with E-state index in [0.29, 0.717) is 31.6 Å². The molecule has 3 N–H and O–H groups in total. The van der Waals surface area contributed by atoms with E-state index < -0.39 is 97.5 Å². The van der Waals surface area contributed by atoms with Gasteiger partial charge in [0.25, 0.3) is 0 Å². The fourth-order valence-electron chi connectivity index (χ4n) is 12.0. The van der Waals surface area contributed by atoms with E-state index in [4.69, 9.17) is 37.0 Å². The van der Waals surface area contributed by atoms with Crippen molar-refractivity contribution >= 4 is 39.5 Å². The first-order valence-corrected chi connectivity index (χ1v) is 43.8. The Kier molecular flexibility index (Phi) is 66.8. The van der Waals surface area contributed by atoms with E-state index in [1.165, 1.54) is 199 Å². The first kappa shape index (κ1) is 96.1. The summed E-state index contributed by atoms with van der Waals surface area (Å²) >= 11 is 0. The van der Waals surface area contributed by atoms with Crippen molar-refractivity contribution < 1.29 is 80.2 Å². The summed E-state index contributed by atoms with van der Waals surface area (Å²) < 4.78 is 68.6. The second kappa shape index (κ2) is 68.2. The average Bonchev–Trinajstić information content (AvgIpc) is 0.982. The van der Waals surface area contributed by atoms with E-state index >= 15 is 0 Å². The van der Waals surface area contributed by atoms with Gasteiger partial charge in [-0.15, -0.1) is 0 Å². The number of hydrogen-bond donors (Lipinski definition) is 3. The molecule has 582 valence electrons. The molecule has 0 saturated carbocycles. The van der Waals surface area contributed by atoms with Crippen molar-refractivity contribution in [1.82, 2.24) is 0 Å². The van der Waals surface area contributed by atoms with Crippen LogP contribution in [0.3, 0.4) is 0 Å². The third-order valence-electron chi connectivity index (χ3n) is 19.0. The van der Waals surface area contributed by atoms with E-state index in [0.717, 1.165) is 114 Å². The lowest BCUT2D eigenvalue weighted by atomic mass is 9.99. The molecule has 0 amide bonds. The van der Waals surface area contributed by atoms with Gasteiger partial charge in [0.2, 0.25) is 0 Å². The van der Waals surface area contributed by atoms with Crippen LogP contribution < -0.4 is 0 Å². The minimum Gasteiger partial charge on any atom is -0.462 e. The molecule has 0 aromatic rings. The molecule has 7 atom stereocenters. The highest BCUT2D eigenvalue weighted by molar-refractivity contribution is 7.47. The van der Waals surface area contributed by atoms with Crippen LogP contribution in [0.2, 0.25) is 0 Å². The minimum atomic E-state index is -4.96. The van der Waals surface area contributed by atoms with Crippen molar-refractivity contribution in [1.29, 1.82) is 0 Å². The predicted octanol–water partition coefficient (Wildman–Crippen LogP) is 23.2. The van der Waals surface area contributed by atoms with E-state index in [2.05, 4.69) is 55.4 Å². The summed E-state index contributed by atoms with van der Waals surface area (Å²) in [5.41, 5.74) is 0. The van der Waals surface area contributed by atoms with Crippen LogP contribution >= 0.6 is 15.6 Å². The molecule has 0 aliphatic carbocycles. The topological polar surface area (TPSA) is 237 Å². The molecule has 98 heavy (non-hydrogen) atoms. The normalized spacial score (nSPS) is 14.6. The molecule has 17 nitrogen and oxygen atoms in total. The van der Waals surface area contributed by atoms with Crippen LogP contribution in [-0.4, -0.2) is 96.7 Å². The molecule has 0 bridgehead atoms. The number of aliphatic hydroxyl groups excluding tert-OH is 1. The van der Waals surface area contributed by atoms with Crippen molar-refractivity contribution in [2.45, 2.75) is 420 Å². The van der Waals surface area contributed by atoms with Crippen LogP contribution in [0.1, 0.15) is 402 Å². The van der Waals surface area contributed by atoms with Gasteiger partial charge in [-0.1, -0.05) is 351 Å². The number of unbranched alkanes of at least 4 members (excludes halogenated alkanes) is 40. The van der Waals surface area contributed by atoms with E-state index in [1.807, 2.05) is 0 Å². The zero-order chi connectivity index (χ0) is 72.4. The Morgan fingerprint density at radius 3 is 0.724 bits per heavy atom. The summed E-state index contributed by atoms with van der Waals surface area (Å²) in [6.45, 7) is 14.2. The lowest BCUT2D eigenvalue weighted by molar-refractivity contribution is -0.161. The Bertz CT molecular complexity index is 1920. The smallest absolute Gasteiger partial charge is 0.462 e. The van der Waals surface area contributed by atoms with Gasteiger partial charge in [0.05, 0.1) is 26.4 Å². The number of carbonyl (C=O) groups excluding carboxylic acids is 4. The summed E-state index contributed by atoms with van der Waals surface area (Å²) in [6.07, 6.45) is 54.2. The Balaban J connectivity index is 5.19. The van der Waals surface area contributed by atoms with Crippen LogP contribution in [0.15, 0.2) is 0 Å². The van der Waals surface area contributed by atoms with Crippen LogP contribution in [0.25, 0.3) is 0 Å². The van der Waals surface area contributed by atoms with Crippen LogP contribution in [0.5, 0.6) is 0 Å². The van der Waals surface area contributed by atoms with Gasteiger partial charge in [-0.25, -0.2) is 9.13 Å². The maximum Gasteiger partial charge on any atom is 0.472 e. The molecular formula is C79H154O17P2. The molecular weight excluding hydrogens is 1280 g/mol. The molecule has 0 saturated heterocycles. The van der Waals surface area contributed by atoms with Crippen molar-refractivity contribution in [2.24, 2.45) is 23.7 Å². The number of rotatable bonds is 76. The maximum atomic E-state index is 13.1. The monoisotopic (exact) mass is 1440 g/mol. The van der Waals surface area contributed by atoms with Gasteiger partial charge in [-0.3, -0.25) is 37.3 Å². The predicted molar refractivity (Wildman–Crippen MR) is 400 cm³/mol. The van der Waals surface area contributed by atoms with Gasteiger partial charge in [-0.05, 0) is 49.4 Å². The lowest BCUT2D eigenvalue weighted by Crippen LogP contribution is -2.30. The summed E-state index contributed by atoms with van der Waals surface area (Å²) in [6, 6.07) is 0. The summed E-state index contributed by atoms with van der Waals surface area (Å²) in [5, 5.41) is 10.6. The Hall–Kier alpha value is -1.94. The van der Waals surface area contributed by atoms with Gasteiger partial charge in [0.15, 0.2) is 12.2 Å². The van der Waals surface area contributed by atoms with Crippen molar-refractivity contribution in [3.63, 3.8) is 0 Å². The highest BCUT2D eigenvalue weighted by Crippen LogP contribution is 2.45. The zero-order valence-electron chi connectivity index (χ0n) is 64.4. The molecule has 0 spiro atoms. The highest BCUT2D eigenvalue weighted by atomic mass is 31.2. The fourth-order valence-corrected chi connectivity index (χ4v) is 13.6. The van der Waals surface area contributed by atoms with Crippen molar-refractivity contribution in [3.8, 4) is 0 Å². The molecule has 0 fully saturated rings. The molecule has 0 heterocycles. The van der Waals surface area contributed by atoms with E-state index in [-0.39, 0.29) is 25.7 Å². The Morgan fingerprint density at radius 1 is 0.286 bits per heavy atom. The molecule has 0 radical (unpaired) electrons. The van der Waals surface area contributed by atoms with Crippen LogP contribution in [0.4, 0.5) is 0 Å². The first-order valence-electron chi connectivity index (χ1n) is 40.8. The average molecular weight is 1440 g/mol. The molecule has 19 heteroatoms. The highest BCUT2D eigenvalue weighted by Gasteiger charge is 2.30. The molecule has 0 aromatic carbocycles. The second-order valence-electron chi connectivity index (χ2n) is 29.9. The van der Waals surface area contributed by atoms with Gasteiger partial charge in [-0.2, -0.15) is 0 Å². The third kappa shape index (κ3) is 69.8. The number of carbonyl (C=O) groups is 4. The number of phosphoric acid groups is 2. The van der Waals surface area contributed by atoms with Crippen molar-refractivity contribution in [3.05, 3.63) is 0 Å². The van der Waals surface area contributed by atoms with Gasteiger partial charge < -0.3 is 33.8 Å². The molecule has 0 aliphatic rings. The number of aliphatic hydroxyl groups is 1. The maximum absolute atomic E-state index is 13.1. The summed E-state index contributed by atoms with van der Waals surface area (Å²) in [7, 11) is -9.92. The Labute approximate surface area is 600 Å². The number of ether oxygens (including phenoxy) is 4. The summed E-state index contributed by atoms with van der Waals surface area (Å²) in [4.78, 5) is 72.9. The van der Waals surface area contributed by atoms with E-state index in [1.54, 1.807) is 0 Å². The molecule has 5 unspecified atom stereocenters. The molecule has 0 aromatic heterocycles. The van der Waals surface area contributed by atoms with Gasteiger partial charge in [0.1, 0.15) is 19.3 Å². The van der Waals surface area contributed by atoms with Gasteiger partial charge in [0, 0.05) is 25.7 Å². The molecule has 0 aliphatic heterocycles. The van der Waals surface area contributed by atoms with E-state index in [9.17, 15) is 43.2 Å². The second-order valence-corrected chi connectivity index (χ2v) is 32.8. The zero-order valence-corrected chi connectivity index (χ0v) is 66.2. The largest absolute Gasteiger partial charge is 0.472 e. The third-order valence-corrected chi connectivity index (χ3v) is 20.9. The molecule has 0 rings (SSSR count). The van der Waals surface area contributed by atoms with Gasteiger partial charge >= 0.3 is 39.5 Å². The lowest BCUT2D eigenvalue weighted by Gasteiger charge is -2.21. The SMILES string of the molecule is CCC(C)CCCCCCCCCCCCCCCCC(=O)OC[C@H](COP(=O)(O)OCC(O)COP(=O)(O)OC[C@@H](COC(=O)CCCCCCCCC(C)C)OC(=O)CCCCCCCCCCCCCCCCCCC(C)C)OC(=O)CCCCCCCCCCC(C)CC. The standard InChI is InChI=1S/C79H154O17P2/c1-9-71(7)57-49-41-32-26-22-18-15-16-19-23-27-34-43-51-59-76(81)89-65-74(96-79(84)62-54-46-36-30-29-33-42-50-58-72(8)10-2)67-93-97(85,86)91-63-73(80)64-92-98(87,88)94-68-75(66-90-77(82)60-52-44-38-37-40-48-56-70(5)6)95-78(83)61-53-45-35-28-24-20-14-12-11-13-17-21-25-31-39-47-55-69(3)4/h69-75,80H,9-68H2,1-8H3,(H,85,86)(H,87,88)/t71?,72?,73?,74-,75-/m1/s1. The Morgan fingerprint density at radius 2 is 0.490 bits per heavy atom.